The second-order valence-electron chi connectivity index (χ2n) is 10.8. The van der Waals surface area contributed by atoms with Gasteiger partial charge in [0.25, 0.3) is 11.5 Å². The van der Waals surface area contributed by atoms with Crippen LogP contribution in [0.15, 0.2) is 84.0 Å². The maximum Gasteiger partial charge on any atom is 0.264 e. The van der Waals surface area contributed by atoms with Crippen molar-refractivity contribution in [3.63, 3.8) is 0 Å². The molecule has 45 heavy (non-hydrogen) atoms. The molecule has 2 aromatic carbocycles. The summed E-state index contributed by atoms with van der Waals surface area (Å²) in [6.07, 6.45) is 4.93. The van der Waals surface area contributed by atoms with Gasteiger partial charge in [0.1, 0.15) is 5.56 Å². The summed E-state index contributed by atoms with van der Waals surface area (Å²) in [5, 5.41) is 12.8. The van der Waals surface area contributed by atoms with E-state index in [9.17, 15) is 14.4 Å². The van der Waals surface area contributed by atoms with E-state index in [0.717, 1.165) is 0 Å². The second kappa shape index (κ2) is 11.6. The van der Waals surface area contributed by atoms with Crippen LogP contribution in [0.1, 0.15) is 64.4 Å². The van der Waals surface area contributed by atoms with Crippen LogP contribution in [-0.4, -0.2) is 40.8 Å². The van der Waals surface area contributed by atoms with E-state index in [-0.39, 0.29) is 11.5 Å². The fourth-order valence-electron chi connectivity index (χ4n) is 5.58. The molecule has 4 aromatic heterocycles. The van der Waals surface area contributed by atoms with Crippen LogP contribution in [0.4, 0.5) is 0 Å². The molecule has 3 N–H and O–H groups in total. The number of amides is 2. The smallest absolute Gasteiger partial charge is 0.264 e. The van der Waals surface area contributed by atoms with E-state index in [1.165, 1.54) is 0 Å². The predicted molar refractivity (Wildman–Crippen MR) is 170 cm³/mol. The molecule has 2 amide bonds. The molecule has 2 atom stereocenters. The molecule has 0 spiro atoms. The van der Waals surface area contributed by atoms with Gasteiger partial charge < -0.3 is 11.1 Å². The molecule has 6 rings (SSSR count). The molecular weight excluding hydrogens is 568 g/mol. The fraction of sp³-hybridized carbons (Fsp3) is 0.176. The standard InChI is InChI=1S/C34H30N8O3/c1-20(31(35)43)30-25(19-37-40(30)4)15-14-23-10-8-11-24-18-27(42(34(45)29(23)24)26-12-6-5-7-13-26)21(2)38-33(44)28-22(3)39-41-17-9-16-36-32(28)41/h5-13,16-21H,1-4H3,(H2,35,43)(H,38,44)/t20?,21-/m1/s1. The molecule has 0 radical (unpaired) electrons. The van der Waals surface area contributed by atoms with Crippen molar-refractivity contribution in [3.8, 4) is 17.5 Å². The minimum atomic E-state index is -0.593. The zero-order valence-electron chi connectivity index (χ0n) is 25.1. The summed E-state index contributed by atoms with van der Waals surface area (Å²) in [4.78, 5) is 44.2. The van der Waals surface area contributed by atoms with Crippen molar-refractivity contribution < 1.29 is 9.59 Å². The van der Waals surface area contributed by atoms with Crippen LogP contribution >= 0.6 is 0 Å². The summed E-state index contributed by atoms with van der Waals surface area (Å²) >= 11 is 0. The summed E-state index contributed by atoms with van der Waals surface area (Å²) in [7, 11) is 1.73. The normalized spacial score (nSPS) is 12.4. The van der Waals surface area contributed by atoms with Gasteiger partial charge >= 0.3 is 0 Å². The van der Waals surface area contributed by atoms with Gasteiger partial charge in [-0.3, -0.25) is 23.6 Å². The number of nitrogens with two attached hydrogens (primary N) is 1. The number of rotatable bonds is 6. The Hall–Kier alpha value is -6.02. The Morgan fingerprint density at radius 1 is 1.00 bits per heavy atom. The van der Waals surface area contributed by atoms with Gasteiger partial charge in [-0.15, -0.1) is 0 Å². The maximum absolute atomic E-state index is 14.4. The number of primary amides is 1. The van der Waals surface area contributed by atoms with E-state index in [2.05, 4.69) is 32.3 Å². The van der Waals surface area contributed by atoms with Crippen molar-refractivity contribution in [1.29, 1.82) is 0 Å². The molecule has 0 saturated heterocycles. The van der Waals surface area contributed by atoms with Crippen molar-refractivity contribution >= 4 is 28.2 Å². The van der Waals surface area contributed by atoms with E-state index in [1.54, 1.807) is 65.4 Å². The number of hydrogen-bond donors (Lipinski definition) is 2. The molecule has 0 aliphatic rings. The second-order valence-corrected chi connectivity index (χ2v) is 10.8. The Labute approximate surface area is 258 Å². The third kappa shape index (κ3) is 5.23. The molecule has 0 bridgehead atoms. The molecule has 0 fully saturated rings. The van der Waals surface area contributed by atoms with Gasteiger partial charge in [0.15, 0.2) is 5.65 Å². The number of aromatic nitrogens is 6. The molecule has 4 heterocycles. The summed E-state index contributed by atoms with van der Waals surface area (Å²) in [6.45, 7) is 5.30. The lowest BCUT2D eigenvalue weighted by atomic mass is 10.0. The van der Waals surface area contributed by atoms with Crippen molar-refractivity contribution in [2.45, 2.75) is 32.7 Å². The van der Waals surface area contributed by atoms with Gasteiger partial charge in [-0.25, -0.2) is 9.50 Å². The van der Waals surface area contributed by atoms with Gasteiger partial charge in [0, 0.05) is 36.4 Å². The van der Waals surface area contributed by atoms with E-state index < -0.39 is 17.9 Å². The number of carbonyl (C=O) groups excluding carboxylic acids is 2. The predicted octanol–water partition coefficient (Wildman–Crippen LogP) is 3.55. The lowest BCUT2D eigenvalue weighted by Crippen LogP contribution is -2.32. The molecule has 224 valence electrons. The Morgan fingerprint density at radius 3 is 2.51 bits per heavy atom. The van der Waals surface area contributed by atoms with Crippen molar-refractivity contribution in [2.24, 2.45) is 12.8 Å². The molecular formula is C34H30N8O3. The van der Waals surface area contributed by atoms with Crippen molar-refractivity contribution in [1.82, 2.24) is 34.3 Å². The fourth-order valence-corrected chi connectivity index (χ4v) is 5.58. The Bertz CT molecular complexity index is 2230. The SMILES string of the molecule is Cc1nn2cccnc2c1C(=O)N[C@H](C)c1cc2cccc(C#Cc3cnn(C)c3C(C)C(N)=O)c2c(=O)n1-c1ccccc1. The average molecular weight is 599 g/mol. The lowest BCUT2D eigenvalue weighted by Gasteiger charge is -2.21. The third-order valence-electron chi connectivity index (χ3n) is 7.83. The number of nitrogens with zero attached hydrogens (tertiary/aromatic N) is 6. The summed E-state index contributed by atoms with van der Waals surface area (Å²) in [6, 6.07) is 17.8. The maximum atomic E-state index is 14.4. The van der Waals surface area contributed by atoms with Gasteiger partial charge in [-0.1, -0.05) is 42.2 Å². The van der Waals surface area contributed by atoms with Crippen LogP contribution in [0.25, 0.3) is 22.1 Å². The zero-order chi connectivity index (χ0) is 31.8. The number of para-hydroxylation sites is 1. The first-order valence-corrected chi connectivity index (χ1v) is 14.3. The van der Waals surface area contributed by atoms with E-state index in [1.807, 2.05) is 55.5 Å². The van der Waals surface area contributed by atoms with E-state index >= 15 is 0 Å². The number of aryl methyl sites for hydroxylation is 2. The first-order valence-electron chi connectivity index (χ1n) is 14.3. The highest BCUT2D eigenvalue weighted by molar-refractivity contribution is 6.01. The van der Waals surface area contributed by atoms with Crippen LogP contribution in [0.2, 0.25) is 0 Å². The van der Waals surface area contributed by atoms with Gasteiger partial charge in [0.2, 0.25) is 5.91 Å². The summed E-state index contributed by atoms with van der Waals surface area (Å²) in [5.41, 5.74) is 9.53. The Kier molecular flexibility index (Phi) is 7.48. The first kappa shape index (κ1) is 29.1. The molecule has 11 heteroatoms. The minimum absolute atomic E-state index is 0.287. The lowest BCUT2D eigenvalue weighted by molar-refractivity contribution is -0.119. The monoisotopic (exact) mass is 598 g/mol. The van der Waals surface area contributed by atoms with Crippen LogP contribution in [0, 0.1) is 18.8 Å². The number of hydrogen-bond acceptors (Lipinski definition) is 6. The third-order valence-corrected chi connectivity index (χ3v) is 7.83. The highest BCUT2D eigenvalue weighted by atomic mass is 16.2. The molecule has 6 aromatic rings. The van der Waals surface area contributed by atoms with Crippen LogP contribution in [0.3, 0.4) is 0 Å². The number of nitrogens with one attached hydrogen (secondary N) is 1. The molecule has 0 aliphatic carbocycles. The number of fused-ring (bicyclic) bond motifs is 2. The van der Waals surface area contributed by atoms with Crippen LogP contribution < -0.4 is 16.6 Å². The molecule has 1 unspecified atom stereocenters. The quantitative estimate of drug-likeness (QED) is 0.281. The number of carbonyl (C=O) groups is 2. The molecule has 0 aliphatic heterocycles. The molecule has 11 nitrogen and oxygen atoms in total. The largest absolute Gasteiger partial charge is 0.369 e. The highest BCUT2D eigenvalue weighted by Crippen LogP contribution is 2.25. The van der Waals surface area contributed by atoms with Gasteiger partial charge in [0.05, 0.1) is 40.5 Å². The Morgan fingerprint density at radius 2 is 1.76 bits per heavy atom. The van der Waals surface area contributed by atoms with E-state index in [4.69, 9.17) is 5.73 Å². The highest BCUT2D eigenvalue weighted by Gasteiger charge is 2.24. The topological polar surface area (TPSA) is 142 Å². The van der Waals surface area contributed by atoms with Crippen molar-refractivity contribution in [2.75, 3.05) is 0 Å². The average Bonchev–Trinajstić information content (AvgIpc) is 3.57. The zero-order valence-corrected chi connectivity index (χ0v) is 25.1. The van der Waals surface area contributed by atoms with Crippen LogP contribution in [0.5, 0.6) is 0 Å². The summed E-state index contributed by atoms with van der Waals surface area (Å²) in [5.74, 6) is 4.81. The van der Waals surface area contributed by atoms with Crippen molar-refractivity contribution in [3.05, 3.63) is 123 Å². The minimum Gasteiger partial charge on any atom is -0.369 e. The molecule has 0 saturated carbocycles. The Balaban J connectivity index is 1.47. The number of pyridine rings is 1. The number of benzene rings is 2. The van der Waals surface area contributed by atoms with Crippen LogP contribution in [-0.2, 0) is 11.8 Å². The first-order chi connectivity index (χ1) is 21.7. The van der Waals surface area contributed by atoms with Gasteiger partial charge in [-0.2, -0.15) is 10.2 Å². The van der Waals surface area contributed by atoms with Gasteiger partial charge in [-0.05, 0) is 56.5 Å². The van der Waals surface area contributed by atoms with E-state index in [0.29, 0.717) is 55.9 Å². The summed E-state index contributed by atoms with van der Waals surface area (Å²) < 4.78 is 4.75.